The molecule has 1 aromatic carbocycles. The fraction of sp³-hybridized carbons (Fsp3) is 0.611. The molecule has 3 aliphatic rings. The Morgan fingerprint density at radius 3 is 2.56 bits per heavy atom. The van der Waals surface area contributed by atoms with Crippen molar-refractivity contribution in [3.63, 3.8) is 0 Å². The fourth-order valence-corrected chi connectivity index (χ4v) is 5.60. The van der Waals surface area contributed by atoms with Gasteiger partial charge in [0.1, 0.15) is 0 Å². The van der Waals surface area contributed by atoms with E-state index in [4.69, 9.17) is 0 Å². The largest absolute Gasteiger partial charge is 0.340 e. The predicted molar refractivity (Wildman–Crippen MR) is 94.8 cm³/mol. The minimum absolute atomic E-state index is 0.0554. The fourth-order valence-electron chi connectivity index (χ4n) is 4.13. The molecule has 136 valence electrons. The second-order valence-corrected chi connectivity index (χ2v) is 9.14. The molecule has 0 saturated carbocycles. The van der Waals surface area contributed by atoms with Crippen LogP contribution in [0.3, 0.4) is 0 Å². The second kappa shape index (κ2) is 6.70. The van der Waals surface area contributed by atoms with E-state index in [1.807, 2.05) is 17.0 Å². The first-order valence-corrected chi connectivity index (χ1v) is 10.6. The molecule has 1 N–H and O–H groups in total. The van der Waals surface area contributed by atoms with Gasteiger partial charge in [0.05, 0.1) is 10.8 Å². The quantitative estimate of drug-likeness (QED) is 0.855. The summed E-state index contributed by atoms with van der Waals surface area (Å²) in [6.45, 7) is 3.37. The lowest BCUT2D eigenvalue weighted by molar-refractivity contribution is -0.136. The van der Waals surface area contributed by atoms with Gasteiger partial charge in [0.25, 0.3) is 0 Å². The van der Waals surface area contributed by atoms with Crippen molar-refractivity contribution >= 4 is 15.9 Å². The van der Waals surface area contributed by atoms with Gasteiger partial charge in [-0.25, -0.2) is 8.42 Å². The number of sulfonamides is 1. The Kier molecular flexibility index (Phi) is 4.56. The van der Waals surface area contributed by atoms with Crippen LogP contribution in [0.4, 0.5) is 0 Å². The Balaban J connectivity index is 1.43. The molecular weight excluding hydrogens is 338 g/mol. The molecule has 1 amide bonds. The van der Waals surface area contributed by atoms with Crippen molar-refractivity contribution in [2.24, 2.45) is 5.92 Å². The molecule has 1 atom stereocenters. The molecule has 2 aliphatic heterocycles. The van der Waals surface area contributed by atoms with Crippen LogP contribution in [0.15, 0.2) is 23.1 Å². The lowest BCUT2D eigenvalue weighted by atomic mass is 10.1. The summed E-state index contributed by atoms with van der Waals surface area (Å²) in [6.07, 6.45) is 4.00. The molecule has 6 nitrogen and oxygen atoms in total. The van der Waals surface area contributed by atoms with E-state index in [1.54, 1.807) is 6.07 Å². The number of hydrogen-bond acceptors (Lipinski definition) is 4. The molecule has 2 saturated heterocycles. The minimum Gasteiger partial charge on any atom is -0.340 e. The molecule has 4 rings (SSSR count). The normalized spacial score (nSPS) is 24.5. The molecule has 2 fully saturated rings. The van der Waals surface area contributed by atoms with Gasteiger partial charge in [-0.1, -0.05) is 6.07 Å². The highest BCUT2D eigenvalue weighted by Gasteiger charge is 2.33. The average Bonchev–Trinajstić information content (AvgIpc) is 3.32. The third-order valence-corrected chi connectivity index (χ3v) is 7.56. The SMILES string of the molecule is O=C(C1CCNC1)N1CCN(S(=O)(=O)c2ccc3c(c2)CCC3)CC1. The molecule has 2 heterocycles. The molecule has 0 radical (unpaired) electrons. The average molecular weight is 363 g/mol. The van der Waals surface area contributed by atoms with Gasteiger partial charge in [-0.15, -0.1) is 0 Å². The van der Waals surface area contributed by atoms with Crippen molar-refractivity contribution in [3.8, 4) is 0 Å². The summed E-state index contributed by atoms with van der Waals surface area (Å²) in [4.78, 5) is 14.7. The van der Waals surface area contributed by atoms with Crippen molar-refractivity contribution in [2.75, 3.05) is 39.3 Å². The van der Waals surface area contributed by atoms with E-state index in [0.29, 0.717) is 31.1 Å². The summed E-state index contributed by atoms with van der Waals surface area (Å²) in [5, 5.41) is 3.21. The zero-order valence-corrected chi connectivity index (χ0v) is 15.2. The zero-order valence-electron chi connectivity index (χ0n) is 14.4. The number of carbonyl (C=O) groups is 1. The first kappa shape index (κ1) is 17.0. The molecule has 1 aliphatic carbocycles. The van der Waals surface area contributed by atoms with Crippen molar-refractivity contribution in [2.45, 2.75) is 30.6 Å². The van der Waals surface area contributed by atoms with Crippen LogP contribution in [0.25, 0.3) is 0 Å². The van der Waals surface area contributed by atoms with E-state index in [0.717, 1.165) is 38.8 Å². The van der Waals surface area contributed by atoms with Crippen LogP contribution >= 0.6 is 0 Å². The van der Waals surface area contributed by atoms with E-state index in [1.165, 1.54) is 15.4 Å². The van der Waals surface area contributed by atoms with Gasteiger partial charge in [-0.05, 0) is 55.5 Å². The molecular formula is C18H25N3O3S. The molecule has 25 heavy (non-hydrogen) atoms. The zero-order chi connectivity index (χ0) is 17.4. The summed E-state index contributed by atoms with van der Waals surface area (Å²) < 4.78 is 27.4. The van der Waals surface area contributed by atoms with E-state index >= 15 is 0 Å². The molecule has 7 heteroatoms. The van der Waals surface area contributed by atoms with Crippen LogP contribution in [-0.2, 0) is 27.7 Å². The van der Waals surface area contributed by atoms with Gasteiger partial charge < -0.3 is 10.2 Å². The number of piperazine rings is 1. The summed E-state index contributed by atoms with van der Waals surface area (Å²) >= 11 is 0. The predicted octanol–water partition coefficient (Wildman–Crippen LogP) is 0.618. The maximum atomic E-state index is 12.9. The molecule has 0 bridgehead atoms. The van der Waals surface area contributed by atoms with E-state index in [2.05, 4.69) is 5.32 Å². The van der Waals surface area contributed by atoms with Crippen LogP contribution < -0.4 is 5.32 Å². The number of amides is 1. The number of benzene rings is 1. The standard InChI is InChI=1S/C18H25N3O3S/c22-18(16-6-7-19-13-16)20-8-10-21(11-9-20)25(23,24)17-5-4-14-2-1-3-15(14)12-17/h4-5,12,16,19H,1-3,6-11,13H2. The van der Waals surface area contributed by atoms with Crippen molar-refractivity contribution in [1.82, 2.24) is 14.5 Å². The van der Waals surface area contributed by atoms with Gasteiger partial charge in [0.2, 0.25) is 15.9 Å². The molecule has 1 unspecified atom stereocenters. The first-order chi connectivity index (χ1) is 12.1. The summed E-state index contributed by atoms with van der Waals surface area (Å²) in [7, 11) is -3.47. The first-order valence-electron chi connectivity index (χ1n) is 9.17. The van der Waals surface area contributed by atoms with Crippen LogP contribution in [0.2, 0.25) is 0 Å². The topological polar surface area (TPSA) is 69.7 Å². The third kappa shape index (κ3) is 3.20. The monoisotopic (exact) mass is 363 g/mol. The van der Waals surface area contributed by atoms with Crippen LogP contribution in [0.1, 0.15) is 24.0 Å². The number of rotatable bonds is 3. The number of hydrogen-bond donors (Lipinski definition) is 1. The molecule has 0 aromatic heterocycles. The minimum atomic E-state index is -3.47. The highest BCUT2D eigenvalue weighted by atomic mass is 32.2. The lowest BCUT2D eigenvalue weighted by Crippen LogP contribution is -2.52. The van der Waals surface area contributed by atoms with Crippen LogP contribution in [0, 0.1) is 5.92 Å². The summed E-state index contributed by atoms with van der Waals surface area (Å²) in [6, 6.07) is 5.54. The van der Waals surface area contributed by atoms with Crippen molar-refractivity contribution in [3.05, 3.63) is 29.3 Å². The number of nitrogens with zero attached hydrogens (tertiary/aromatic N) is 2. The van der Waals surface area contributed by atoms with Crippen LogP contribution in [-0.4, -0.2) is 62.8 Å². The Morgan fingerprint density at radius 1 is 1.08 bits per heavy atom. The Bertz CT molecular complexity index is 764. The van der Waals surface area contributed by atoms with E-state index in [9.17, 15) is 13.2 Å². The summed E-state index contributed by atoms with van der Waals surface area (Å²) in [5.41, 5.74) is 2.45. The van der Waals surface area contributed by atoms with Gasteiger partial charge >= 0.3 is 0 Å². The van der Waals surface area contributed by atoms with E-state index < -0.39 is 10.0 Å². The summed E-state index contributed by atoms with van der Waals surface area (Å²) in [5.74, 6) is 0.222. The highest BCUT2D eigenvalue weighted by Crippen LogP contribution is 2.27. The van der Waals surface area contributed by atoms with Crippen LogP contribution in [0.5, 0.6) is 0 Å². The van der Waals surface area contributed by atoms with Gasteiger partial charge in [-0.3, -0.25) is 4.79 Å². The second-order valence-electron chi connectivity index (χ2n) is 7.20. The number of aryl methyl sites for hydroxylation is 2. The number of fused-ring (bicyclic) bond motifs is 1. The van der Waals surface area contributed by atoms with E-state index in [-0.39, 0.29) is 11.8 Å². The van der Waals surface area contributed by atoms with Crippen molar-refractivity contribution < 1.29 is 13.2 Å². The lowest BCUT2D eigenvalue weighted by Gasteiger charge is -2.35. The number of carbonyl (C=O) groups excluding carboxylic acids is 1. The highest BCUT2D eigenvalue weighted by molar-refractivity contribution is 7.89. The third-order valence-electron chi connectivity index (χ3n) is 5.67. The van der Waals surface area contributed by atoms with Gasteiger partial charge in [-0.2, -0.15) is 4.31 Å². The van der Waals surface area contributed by atoms with Crippen molar-refractivity contribution in [1.29, 1.82) is 0 Å². The smallest absolute Gasteiger partial charge is 0.243 e. The van der Waals surface area contributed by atoms with Gasteiger partial charge in [0.15, 0.2) is 0 Å². The Labute approximate surface area is 149 Å². The Hall–Kier alpha value is -1.44. The maximum Gasteiger partial charge on any atom is 0.243 e. The van der Waals surface area contributed by atoms with Gasteiger partial charge in [0, 0.05) is 32.7 Å². The molecule has 1 aromatic rings. The molecule has 0 spiro atoms. The maximum absolute atomic E-state index is 12.9. The Morgan fingerprint density at radius 2 is 1.84 bits per heavy atom. The number of nitrogens with one attached hydrogen (secondary N) is 1.